The number of halogens is 3. The van der Waals surface area contributed by atoms with Gasteiger partial charge in [-0.15, -0.1) is 0 Å². The zero-order valence-electron chi connectivity index (χ0n) is 17.0. The number of rotatable bonds is 5. The van der Waals surface area contributed by atoms with Crippen LogP contribution in [0, 0.1) is 6.92 Å². The summed E-state index contributed by atoms with van der Waals surface area (Å²) in [6.07, 6.45) is -4.50. The molecule has 0 radical (unpaired) electrons. The number of alkyl halides is 3. The summed E-state index contributed by atoms with van der Waals surface area (Å²) in [5, 5.41) is 5.32. The number of carbonyl (C=O) groups excluding carboxylic acids is 2. The molecule has 4 nitrogen and oxygen atoms in total. The number of nitrogens with one attached hydrogen (secondary N) is 2. The first-order chi connectivity index (χ1) is 14.7. The van der Waals surface area contributed by atoms with Gasteiger partial charge in [-0.1, -0.05) is 42.5 Å². The number of anilines is 2. The third-order valence-corrected chi connectivity index (χ3v) is 4.98. The van der Waals surface area contributed by atoms with Crippen LogP contribution < -0.4 is 10.6 Å². The summed E-state index contributed by atoms with van der Waals surface area (Å²) in [7, 11) is 0. The average molecular weight is 426 g/mol. The first-order valence-corrected chi connectivity index (χ1v) is 9.61. The summed E-state index contributed by atoms with van der Waals surface area (Å²) in [6, 6.07) is 18.5. The molecule has 2 amide bonds. The maximum absolute atomic E-state index is 12.9. The van der Waals surface area contributed by atoms with Crippen molar-refractivity contribution in [2.24, 2.45) is 0 Å². The molecule has 0 aliphatic heterocycles. The van der Waals surface area contributed by atoms with Crippen LogP contribution in [-0.4, -0.2) is 11.8 Å². The molecule has 0 saturated heterocycles. The summed E-state index contributed by atoms with van der Waals surface area (Å²) < 4.78 is 38.7. The lowest BCUT2D eigenvalue weighted by Crippen LogP contribution is -2.20. The summed E-state index contributed by atoms with van der Waals surface area (Å²) >= 11 is 0. The van der Waals surface area contributed by atoms with Crippen LogP contribution in [0.15, 0.2) is 72.8 Å². The maximum atomic E-state index is 12.9. The van der Waals surface area contributed by atoms with Crippen LogP contribution in [0.4, 0.5) is 24.5 Å². The van der Waals surface area contributed by atoms with Crippen molar-refractivity contribution in [1.29, 1.82) is 0 Å². The van der Waals surface area contributed by atoms with Crippen LogP contribution >= 0.6 is 0 Å². The Morgan fingerprint density at radius 3 is 2.23 bits per heavy atom. The van der Waals surface area contributed by atoms with Crippen LogP contribution in [-0.2, 0) is 11.0 Å². The Labute approximate surface area is 178 Å². The van der Waals surface area contributed by atoms with Crippen LogP contribution in [0.2, 0.25) is 0 Å². The van der Waals surface area contributed by atoms with Gasteiger partial charge in [-0.3, -0.25) is 9.59 Å². The zero-order valence-corrected chi connectivity index (χ0v) is 17.0. The summed E-state index contributed by atoms with van der Waals surface area (Å²) in [5.74, 6) is -1.20. The fourth-order valence-corrected chi connectivity index (χ4v) is 3.12. The van der Waals surface area contributed by atoms with Gasteiger partial charge in [0.2, 0.25) is 5.91 Å². The normalized spacial score (nSPS) is 12.2. The molecule has 2 N–H and O–H groups in total. The van der Waals surface area contributed by atoms with E-state index in [0.717, 1.165) is 17.7 Å². The van der Waals surface area contributed by atoms with E-state index in [0.29, 0.717) is 11.3 Å². The molecular formula is C24H21F3N2O2. The molecule has 3 rings (SSSR count). The molecule has 0 aliphatic rings. The van der Waals surface area contributed by atoms with Crippen molar-refractivity contribution in [3.8, 4) is 0 Å². The van der Waals surface area contributed by atoms with Gasteiger partial charge in [-0.05, 0) is 55.3 Å². The molecule has 0 saturated carbocycles. The monoisotopic (exact) mass is 426 g/mol. The quantitative estimate of drug-likeness (QED) is 0.525. The van der Waals surface area contributed by atoms with Gasteiger partial charge in [0, 0.05) is 16.9 Å². The second kappa shape index (κ2) is 9.04. The topological polar surface area (TPSA) is 58.2 Å². The second-order valence-electron chi connectivity index (χ2n) is 7.13. The summed E-state index contributed by atoms with van der Waals surface area (Å²) in [4.78, 5) is 25.3. The highest BCUT2D eigenvalue weighted by Gasteiger charge is 2.30. The van der Waals surface area contributed by atoms with Gasteiger partial charge in [0.25, 0.3) is 5.91 Å². The fraction of sp³-hybridized carbons (Fsp3) is 0.167. The van der Waals surface area contributed by atoms with Crippen LogP contribution in [0.25, 0.3) is 0 Å². The molecule has 3 aromatic carbocycles. The maximum Gasteiger partial charge on any atom is 0.416 e. The predicted octanol–water partition coefficient (Wildman–Crippen LogP) is 6.01. The predicted molar refractivity (Wildman–Crippen MR) is 114 cm³/mol. The van der Waals surface area contributed by atoms with Gasteiger partial charge in [-0.2, -0.15) is 13.2 Å². The Morgan fingerprint density at radius 2 is 1.55 bits per heavy atom. The van der Waals surface area contributed by atoms with E-state index >= 15 is 0 Å². The highest BCUT2D eigenvalue weighted by molar-refractivity contribution is 6.07. The van der Waals surface area contributed by atoms with Crippen molar-refractivity contribution in [3.63, 3.8) is 0 Å². The van der Waals surface area contributed by atoms with Gasteiger partial charge in [0.1, 0.15) is 0 Å². The number of hydrogen-bond donors (Lipinski definition) is 2. The minimum atomic E-state index is -4.50. The standard InChI is InChI=1S/C24H21F3N2O2/c1-15(17-8-4-3-5-9-17)22(30)29-21-13-7-12-20(16(21)2)23(31)28-19-11-6-10-18(14-19)24(25,26)27/h3-15H,1-2H3,(H,28,31)(H,29,30)/t15-/m1/s1. The highest BCUT2D eigenvalue weighted by Crippen LogP contribution is 2.31. The van der Waals surface area contributed by atoms with E-state index in [4.69, 9.17) is 0 Å². The Hall–Kier alpha value is -3.61. The third kappa shape index (κ3) is 5.31. The Morgan fingerprint density at radius 1 is 0.871 bits per heavy atom. The van der Waals surface area contributed by atoms with Crippen molar-refractivity contribution >= 4 is 23.2 Å². The van der Waals surface area contributed by atoms with E-state index in [2.05, 4.69) is 10.6 Å². The van der Waals surface area contributed by atoms with Crippen LogP contribution in [0.5, 0.6) is 0 Å². The van der Waals surface area contributed by atoms with Gasteiger partial charge >= 0.3 is 6.18 Å². The first kappa shape index (κ1) is 22.1. The molecule has 31 heavy (non-hydrogen) atoms. The van der Waals surface area contributed by atoms with Crippen molar-refractivity contribution in [2.75, 3.05) is 10.6 Å². The largest absolute Gasteiger partial charge is 0.416 e. The SMILES string of the molecule is Cc1c(NC(=O)[C@H](C)c2ccccc2)cccc1C(=O)Nc1cccc(C(F)(F)F)c1. The number of benzene rings is 3. The van der Waals surface area contributed by atoms with Gasteiger partial charge in [0.15, 0.2) is 0 Å². The fourth-order valence-electron chi connectivity index (χ4n) is 3.12. The molecule has 0 fully saturated rings. The third-order valence-electron chi connectivity index (χ3n) is 4.98. The van der Waals surface area contributed by atoms with Crippen molar-refractivity contribution in [2.45, 2.75) is 25.9 Å². The Bertz CT molecular complexity index is 1100. The van der Waals surface area contributed by atoms with Crippen LogP contribution in [0.3, 0.4) is 0 Å². The molecule has 7 heteroatoms. The summed E-state index contributed by atoms with van der Waals surface area (Å²) in [6.45, 7) is 3.45. The van der Waals surface area contributed by atoms with Crippen molar-refractivity contribution in [3.05, 3.63) is 95.1 Å². The number of amides is 2. The van der Waals surface area contributed by atoms with E-state index in [1.54, 1.807) is 32.0 Å². The minimum absolute atomic E-state index is 0.0337. The number of carbonyl (C=O) groups is 2. The highest BCUT2D eigenvalue weighted by atomic mass is 19.4. The molecular weight excluding hydrogens is 405 g/mol. The van der Waals surface area contributed by atoms with Gasteiger partial charge in [-0.25, -0.2) is 0 Å². The molecule has 0 unspecified atom stereocenters. The minimum Gasteiger partial charge on any atom is -0.325 e. The zero-order chi connectivity index (χ0) is 22.6. The Kier molecular flexibility index (Phi) is 6.44. The number of hydrogen-bond acceptors (Lipinski definition) is 2. The Balaban J connectivity index is 1.77. The van der Waals surface area contributed by atoms with E-state index < -0.39 is 23.6 Å². The van der Waals surface area contributed by atoms with Gasteiger partial charge < -0.3 is 10.6 Å². The lowest BCUT2D eigenvalue weighted by molar-refractivity contribution is -0.137. The van der Waals surface area contributed by atoms with E-state index in [-0.39, 0.29) is 17.2 Å². The average Bonchev–Trinajstić information content (AvgIpc) is 2.74. The van der Waals surface area contributed by atoms with E-state index in [1.165, 1.54) is 12.1 Å². The van der Waals surface area contributed by atoms with Crippen LogP contribution in [0.1, 0.15) is 39.9 Å². The molecule has 0 aliphatic carbocycles. The van der Waals surface area contributed by atoms with Gasteiger partial charge in [0.05, 0.1) is 11.5 Å². The molecule has 3 aromatic rings. The van der Waals surface area contributed by atoms with E-state index in [1.807, 2.05) is 30.3 Å². The molecule has 0 aromatic heterocycles. The molecule has 0 spiro atoms. The molecule has 0 heterocycles. The molecule has 1 atom stereocenters. The molecule has 160 valence electrons. The lowest BCUT2D eigenvalue weighted by atomic mass is 9.99. The van der Waals surface area contributed by atoms with E-state index in [9.17, 15) is 22.8 Å². The lowest BCUT2D eigenvalue weighted by Gasteiger charge is -2.16. The molecule has 0 bridgehead atoms. The summed E-state index contributed by atoms with van der Waals surface area (Å²) in [5.41, 5.74) is 1.27. The smallest absolute Gasteiger partial charge is 0.325 e. The van der Waals surface area contributed by atoms with Crippen molar-refractivity contribution < 1.29 is 22.8 Å². The first-order valence-electron chi connectivity index (χ1n) is 9.61. The second-order valence-corrected chi connectivity index (χ2v) is 7.13. The van der Waals surface area contributed by atoms with Crippen molar-refractivity contribution in [1.82, 2.24) is 0 Å².